The van der Waals surface area contributed by atoms with Gasteiger partial charge in [-0.3, -0.25) is 4.57 Å². The van der Waals surface area contributed by atoms with Gasteiger partial charge in [-0.15, -0.1) is 0 Å². The van der Waals surface area contributed by atoms with Crippen LogP contribution in [0.3, 0.4) is 0 Å². The third-order valence-electron chi connectivity index (χ3n) is 7.14. The van der Waals surface area contributed by atoms with Crippen molar-refractivity contribution in [3.8, 4) is 0 Å². The van der Waals surface area contributed by atoms with Crippen molar-refractivity contribution in [3.05, 3.63) is 12.7 Å². The molecule has 0 aliphatic rings. The maximum absolute atomic E-state index is 13.5. The van der Waals surface area contributed by atoms with E-state index in [0.717, 1.165) is 12.8 Å². The number of aromatic nitrogens is 4. The van der Waals surface area contributed by atoms with Crippen LogP contribution >= 0.6 is 7.60 Å². The van der Waals surface area contributed by atoms with Crippen LogP contribution in [0.2, 0.25) is 0 Å². The monoisotopic (exact) mass is 601 g/mol. The number of rotatable bonds is 27. The van der Waals surface area contributed by atoms with Crippen LogP contribution in [0, 0.1) is 0 Å². The molecule has 1 unspecified atom stereocenters. The maximum atomic E-state index is 13.5. The summed E-state index contributed by atoms with van der Waals surface area (Å²) in [4.78, 5) is 22.1. The Hall–Kier alpha value is -1.65. The lowest BCUT2D eigenvalue weighted by Crippen LogP contribution is -2.23. The number of nitrogens with two attached hydrogens (primary N) is 1. The van der Waals surface area contributed by atoms with Gasteiger partial charge in [0.05, 0.1) is 26.1 Å². The summed E-state index contributed by atoms with van der Waals surface area (Å²) >= 11 is 0. The Bertz CT molecular complexity index is 982. The molecule has 0 radical (unpaired) electrons. The first-order valence-corrected chi connectivity index (χ1v) is 17.4. The molecule has 3 N–H and O–H groups in total. The van der Waals surface area contributed by atoms with Crippen LogP contribution in [0.25, 0.3) is 11.2 Å². The molecule has 0 fully saturated rings. The van der Waals surface area contributed by atoms with Crippen molar-refractivity contribution in [1.29, 1.82) is 0 Å². The number of anilines is 1. The summed E-state index contributed by atoms with van der Waals surface area (Å²) in [5.41, 5.74) is 6.60. The molecule has 0 saturated carbocycles. The van der Waals surface area contributed by atoms with Gasteiger partial charge in [0, 0.05) is 6.61 Å². The molecule has 0 bridgehead atoms. The predicted molar refractivity (Wildman–Crippen MR) is 162 cm³/mol. The van der Waals surface area contributed by atoms with Gasteiger partial charge in [0.1, 0.15) is 31.0 Å². The molecule has 2 rings (SSSR count). The fourth-order valence-corrected chi connectivity index (χ4v) is 5.56. The summed E-state index contributed by atoms with van der Waals surface area (Å²) in [6, 6.07) is 0. The zero-order chi connectivity index (χ0) is 29.6. The summed E-state index contributed by atoms with van der Waals surface area (Å²) in [5.74, 6) is 0.219. The van der Waals surface area contributed by atoms with Crippen molar-refractivity contribution in [3.63, 3.8) is 0 Å². The zero-order valence-electron chi connectivity index (χ0n) is 25.1. The average Bonchev–Trinajstić information content (AvgIpc) is 3.38. The van der Waals surface area contributed by atoms with E-state index in [-0.39, 0.29) is 25.6 Å². The first-order chi connectivity index (χ1) is 20.0. The third kappa shape index (κ3) is 16.0. The van der Waals surface area contributed by atoms with Gasteiger partial charge < -0.3 is 29.2 Å². The molecule has 10 nitrogen and oxygen atoms in total. The zero-order valence-corrected chi connectivity index (χ0v) is 26.0. The van der Waals surface area contributed by atoms with Crippen molar-refractivity contribution < 1.29 is 27.8 Å². The molecule has 2 aromatic heterocycles. The van der Waals surface area contributed by atoms with Gasteiger partial charge in [-0.05, 0) is 6.42 Å². The lowest BCUT2D eigenvalue weighted by Gasteiger charge is -2.18. The van der Waals surface area contributed by atoms with Crippen LogP contribution in [0.15, 0.2) is 12.7 Å². The van der Waals surface area contributed by atoms with Gasteiger partial charge in [0.15, 0.2) is 11.5 Å². The highest BCUT2D eigenvalue weighted by Crippen LogP contribution is 2.41. The van der Waals surface area contributed by atoms with Crippen molar-refractivity contribution in [1.82, 2.24) is 19.5 Å². The Balaban J connectivity index is 1.40. The van der Waals surface area contributed by atoms with Gasteiger partial charge in [-0.2, -0.15) is 0 Å². The molecule has 0 aliphatic carbocycles. The van der Waals surface area contributed by atoms with Crippen LogP contribution in [-0.4, -0.2) is 63.4 Å². The molecular formula is C29H53FN5O5P. The Kier molecular flexibility index (Phi) is 19.0. The SMILES string of the molecule is CCCCCCCCCCCCCCCCCCOCCOP(=O)(O)CO[C@H](CF)Cn1cnc2c(N)ncnc21. The van der Waals surface area contributed by atoms with Crippen molar-refractivity contribution >= 4 is 24.6 Å². The molecule has 2 atom stereocenters. The molecule has 41 heavy (non-hydrogen) atoms. The molecule has 0 aliphatic heterocycles. The van der Waals surface area contributed by atoms with Crippen molar-refractivity contribution in [2.45, 2.75) is 122 Å². The van der Waals surface area contributed by atoms with Crippen LogP contribution in [0.4, 0.5) is 10.2 Å². The van der Waals surface area contributed by atoms with Crippen LogP contribution < -0.4 is 5.73 Å². The number of unbranched alkanes of at least 4 members (excludes halogenated alkanes) is 15. The van der Waals surface area contributed by atoms with Gasteiger partial charge in [0.2, 0.25) is 0 Å². The number of imidazole rings is 1. The Labute approximate surface area is 245 Å². The number of nitrogen functional groups attached to an aromatic ring is 1. The Morgan fingerprint density at radius 3 is 2.05 bits per heavy atom. The van der Waals surface area contributed by atoms with E-state index in [0.29, 0.717) is 17.8 Å². The van der Waals surface area contributed by atoms with E-state index >= 15 is 0 Å². The standard InChI is InChI=1S/C29H53FN5O5P/c1-2-3-4-5-6-7-8-9-10-11-12-13-14-15-16-17-18-38-19-20-40-41(36,37)25-39-26(21-30)22-35-24-34-27-28(31)32-23-33-29(27)35/h23-24,26H,2-22,25H2,1H3,(H,36,37)(H2,31,32,33)/t26-/m1/s1. The summed E-state index contributed by atoms with van der Waals surface area (Å²) < 4.78 is 43.2. The lowest BCUT2D eigenvalue weighted by atomic mass is 10.0. The summed E-state index contributed by atoms with van der Waals surface area (Å²) in [7, 11) is -4.04. The van der Waals surface area contributed by atoms with Crippen LogP contribution in [0.1, 0.15) is 110 Å². The van der Waals surface area contributed by atoms with Gasteiger partial charge in [0.25, 0.3) is 0 Å². The largest absolute Gasteiger partial charge is 0.382 e. The first kappa shape index (κ1) is 35.5. The van der Waals surface area contributed by atoms with Crippen LogP contribution in [0.5, 0.6) is 0 Å². The molecule has 0 amide bonds. The van der Waals surface area contributed by atoms with Crippen LogP contribution in [-0.2, 0) is 25.1 Å². The van der Waals surface area contributed by atoms with Crippen molar-refractivity contribution in [2.75, 3.05) is 38.6 Å². The van der Waals surface area contributed by atoms with E-state index in [1.165, 1.54) is 103 Å². The lowest BCUT2D eigenvalue weighted by molar-refractivity contribution is 0.0373. The summed E-state index contributed by atoms with van der Waals surface area (Å²) in [6.45, 7) is 2.25. The highest BCUT2D eigenvalue weighted by atomic mass is 31.2. The smallest absolute Gasteiger partial charge is 0.353 e. The number of nitrogens with zero attached hydrogens (tertiary/aromatic N) is 4. The number of hydrogen-bond donors (Lipinski definition) is 2. The van der Waals surface area contributed by atoms with E-state index < -0.39 is 26.7 Å². The molecule has 2 aromatic rings. The average molecular weight is 602 g/mol. The highest BCUT2D eigenvalue weighted by molar-refractivity contribution is 7.52. The highest BCUT2D eigenvalue weighted by Gasteiger charge is 2.23. The molecule has 12 heteroatoms. The Morgan fingerprint density at radius 1 is 0.878 bits per heavy atom. The van der Waals surface area contributed by atoms with Gasteiger partial charge >= 0.3 is 7.60 Å². The summed E-state index contributed by atoms with van der Waals surface area (Å²) in [6.07, 6.45) is 22.3. The van der Waals surface area contributed by atoms with Gasteiger partial charge in [-0.25, -0.2) is 19.3 Å². The molecule has 236 valence electrons. The first-order valence-electron chi connectivity index (χ1n) is 15.6. The number of hydrogen-bond acceptors (Lipinski definition) is 8. The third-order valence-corrected chi connectivity index (χ3v) is 8.20. The van der Waals surface area contributed by atoms with E-state index in [1.807, 2.05) is 0 Å². The molecule has 0 aromatic carbocycles. The number of ether oxygens (including phenoxy) is 2. The van der Waals surface area contributed by atoms with E-state index in [1.54, 1.807) is 4.57 Å². The number of fused-ring (bicyclic) bond motifs is 1. The second-order valence-corrected chi connectivity index (χ2v) is 12.6. The predicted octanol–water partition coefficient (Wildman–Crippen LogP) is 7.20. The Morgan fingerprint density at radius 2 is 1.46 bits per heavy atom. The fourth-order valence-electron chi connectivity index (χ4n) is 4.73. The number of halogens is 1. The van der Waals surface area contributed by atoms with E-state index in [4.69, 9.17) is 19.7 Å². The minimum Gasteiger partial charge on any atom is -0.382 e. The molecule has 0 saturated heterocycles. The maximum Gasteiger partial charge on any atom is 0.353 e. The van der Waals surface area contributed by atoms with E-state index in [2.05, 4.69) is 21.9 Å². The molecule has 0 spiro atoms. The molecule has 2 heterocycles. The number of alkyl halides is 1. The van der Waals surface area contributed by atoms with Crippen molar-refractivity contribution in [2.24, 2.45) is 0 Å². The molecular weight excluding hydrogens is 548 g/mol. The van der Waals surface area contributed by atoms with E-state index in [9.17, 15) is 13.8 Å². The minimum absolute atomic E-state index is 0.0291. The fraction of sp³-hybridized carbons (Fsp3) is 0.828. The second-order valence-electron chi connectivity index (χ2n) is 10.8. The second kappa shape index (κ2) is 22.0. The quantitative estimate of drug-likeness (QED) is 0.0805. The topological polar surface area (TPSA) is 135 Å². The normalized spacial score (nSPS) is 14.0. The minimum atomic E-state index is -4.04. The van der Waals surface area contributed by atoms with Gasteiger partial charge in [-0.1, -0.05) is 103 Å². The summed E-state index contributed by atoms with van der Waals surface area (Å²) in [5, 5.41) is 0.